The highest BCUT2D eigenvalue weighted by atomic mass is 16.5. The smallest absolute Gasteiger partial charge is 0.191 e. The molecule has 2 aromatic rings. The highest BCUT2D eigenvalue weighted by Gasteiger charge is 2.34. The van der Waals surface area contributed by atoms with E-state index in [1.807, 2.05) is 0 Å². The number of nitrogens with one attached hydrogen (secondary N) is 2. The van der Waals surface area contributed by atoms with Gasteiger partial charge in [0.2, 0.25) is 0 Å². The van der Waals surface area contributed by atoms with Crippen LogP contribution in [0.15, 0.2) is 53.5 Å². The van der Waals surface area contributed by atoms with Gasteiger partial charge in [-0.05, 0) is 42.5 Å². The van der Waals surface area contributed by atoms with Crippen LogP contribution in [0, 0.1) is 12.3 Å². The Labute approximate surface area is 167 Å². The molecule has 150 valence electrons. The molecule has 5 heteroatoms. The molecule has 1 saturated heterocycles. The number of nitrogens with zero attached hydrogens (tertiary/aromatic N) is 1. The number of aliphatic imine (C=N–C) groups is 1. The maximum absolute atomic E-state index is 9.37. The average Bonchev–Trinajstić information content (AvgIpc) is 3.17. The molecule has 0 amide bonds. The molecule has 0 bridgehead atoms. The summed E-state index contributed by atoms with van der Waals surface area (Å²) >= 11 is 0. The minimum absolute atomic E-state index is 0.00252. The standard InChI is InChI=1S/C23H31N3O2/c1-18-5-3-7-20(13-18)21-8-4-6-19(14-21)15-25-22(24-2)26-16-23(9-11-27)10-12-28-17-23/h3-8,13-14,27H,9-12,15-17H2,1-2H3,(H2,24,25,26). The van der Waals surface area contributed by atoms with Crippen LogP contribution in [0.25, 0.3) is 11.1 Å². The van der Waals surface area contributed by atoms with Gasteiger partial charge in [0.15, 0.2) is 5.96 Å². The Hall–Kier alpha value is -2.37. The number of hydrogen-bond donors (Lipinski definition) is 3. The van der Waals surface area contributed by atoms with Crippen LogP contribution in [0.5, 0.6) is 0 Å². The summed E-state index contributed by atoms with van der Waals surface area (Å²) in [6.07, 6.45) is 1.71. The number of hydrogen-bond acceptors (Lipinski definition) is 3. The van der Waals surface area contributed by atoms with E-state index in [9.17, 15) is 5.11 Å². The summed E-state index contributed by atoms with van der Waals surface area (Å²) in [5, 5.41) is 16.2. The SMILES string of the molecule is CN=C(NCc1cccc(-c2cccc(C)c2)c1)NCC1(CCO)CCOC1. The quantitative estimate of drug-likeness (QED) is 0.509. The second-order valence-electron chi connectivity index (χ2n) is 7.63. The first-order valence-electron chi connectivity index (χ1n) is 9.93. The largest absolute Gasteiger partial charge is 0.396 e. The summed E-state index contributed by atoms with van der Waals surface area (Å²) in [4.78, 5) is 4.34. The van der Waals surface area contributed by atoms with Crippen molar-refractivity contribution < 1.29 is 9.84 Å². The van der Waals surface area contributed by atoms with Gasteiger partial charge in [0.1, 0.15) is 0 Å². The van der Waals surface area contributed by atoms with Crippen molar-refractivity contribution in [1.29, 1.82) is 0 Å². The first-order valence-corrected chi connectivity index (χ1v) is 9.93. The van der Waals surface area contributed by atoms with Crippen LogP contribution in [0.3, 0.4) is 0 Å². The molecule has 3 rings (SSSR count). The average molecular weight is 382 g/mol. The molecule has 28 heavy (non-hydrogen) atoms. The summed E-state index contributed by atoms with van der Waals surface area (Å²) in [6, 6.07) is 17.1. The van der Waals surface area contributed by atoms with Crippen molar-refractivity contribution in [2.45, 2.75) is 26.3 Å². The maximum atomic E-state index is 9.37. The third-order valence-electron chi connectivity index (χ3n) is 5.42. The summed E-state index contributed by atoms with van der Waals surface area (Å²) in [5.74, 6) is 0.769. The second-order valence-corrected chi connectivity index (χ2v) is 7.63. The van der Waals surface area contributed by atoms with Crippen molar-refractivity contribution in [3.8, 4) is 11.1 Å². The normalized spacial score (nSPS) is 19.6. The Morgan fingerprint density at radius 1 is 1.14 bits per heavy atom. The molecular weight excluding hydrogens is 350 g/mol. The lowest BCUT2D eigenvalue weighted by Gasteiger charge is -2.27. The van der Waals surface area contributed by atoms with E-state index in [0.29, 0.717) is 13.2 Å². The van der Waals surface area contributed by atoms with E-state index in [1.54, 1.807) is 7.05 Å². The molecule has 1 fully saturated rings. The van der Waals surface area contributed by atoms with Crippen LogP contribution in [0.4, 0.5) is 0 Å². The van der Waals surface area contributed by atoms with E-state index in [0.717, 1.165) is 32.0 Å². The van der Waals surface area contributed by atoms with Gasteiger partial charge in [0.05, 0.1) is 6.61 Å². The van der Waals surface area contributed by atoms with E-state index >= 15 is 0 Å². The lowest BCUT2D eigenvalue weighted by Crippen LogP contribution is -2.44. The minimum Gasteiger partial charge on any atom is -0.396 e. The number of aryl methyl sites for hydroxylation is 1. The fraction of sp³-hybridized carbons (Fsp3) is 0.435. The van der Waals surface area contributed by atoms with Gasteiger partial charge in [-0.3, -0.25) is 4.99 Å². The Balaban J connectivity index is 1.59. The van der Waals surface area contributed by atoms with Gasteiger partial charge >= 0.3 is 0 Å². The highest BCUT2D eigenvalue weighted by molar-refractivity contribution is 5.79. The van der Waals surface area contributed by atoms with E-state index in [1.165, 1.54) is 22.3 Å². The second kappa shape index (κ2) is 9.71. The van der Waals surface area contributed by atoms with Crippen LogP contribution >= 0.6 is 0 Å². The number of ether oxygens (including phenoxy) is 1. The van der Waals surface area contributed by atoms with Gasteiger partial charge < -0.3 is 20.5 Å². The van der Waals surface area contributed by atoms with E-state index in [4.69, 9.17) is 4.74 Å². The van der Waals surface area contributed by atoms with Gasteiger partial charge in [-0.1, -0.05) is 48.0 Å². The molecular formula is C23H31N3O2. The van der Waals surface area contributed by atoms with Crippen molar-refractivity contribution in [3.05, 3.63) is 59.7 Å². The lowest BCUT2D eigenvalue weighted by molar-refractivity contribution is 0.127. The number of aliphatic hydroxyl groups excluding tert-OH is 1. The van der Waals surface area contributed by atoms with Crippen molar-refractivity contribution in [1.82, 2.24) is 10.6 Å². The van der Waals surface area contributed by atoms with Crippen LogP contribution in [-0.4, -0.2) is 44.5 Å². The molecule has 1 atom stereocenters. The Bertz CT molecular complexity index is 798. The molecule has 0 radical (unpaired) electrons. The predicted molar refractivity (Wildman–Crippen MR) is 114 cm³/mol. The predicted octanol–water partition coefficient (Wildman–Crippen LogP) is 3.12. The Kier molecular flexibility index (Phi) is 7.06. The molecule has 5 nitrogen and oxygen atoms in total. The number of rotatable bonds is 7. The number of aliphatic hydroxyl groups is 1. The summed E-state index contributed by atoms with van der Waals surface area (Å²) in [7, 11) is 1.78. The Morgan fingerprint density at radius 2 is 1.93 bits per heavy atom. The van der Waals surface area contributed by atoms with Crippen molar-refractivity contribution in [2.75, 3.05) is 33.4 Å². The van der Waals surface area contributed by atoms with Gasteiger partial charge in [-0.15, -0.1) is 0 Å². The number of benzene rings is 2. The Morgan fingerprint density at radius 3 is 2.61 bits per heavy atom. The van der Waals surface area contributed by atoms with E-state index < -0.39 is 0 Å². The van der Waals surface area contributed by atoms with Crippen molar-refractivity contribution >= 4 is 5.96 Å². The lowest BCUT2D eigenvalue weighted by atomic mass is 9.84. The van der Waals surface area contributed by atoms with Crippen LogP contribution < -0.4 is 10.6 Å². The first-order chi connectivity index (χ1) is 13.6. The summed E-state index contributed by atoms with van der Waals surface area (Å²) in [5.41, 5.74) is 4.92. The summed E-state index contributed by atoms with van der Waals surface area (Å²) < 4.78 is 5.56. The topological polar surface area (TPSA) is 65.9 Å². The van der Waals surface area contributed by atoms with Crippen LogP contribution in [0.1, 0.15) is 24.0 Å². The summed E-state index contributed by atoms with van der Waals surface area (Å²) in [6.45, 7) is 5.20. The number of guanidine groups is 1. The fourth-order valence-corrected chi connectivity index (χ4v) is 3.67. The van der Waals surface area contributed by atoms with Crippen LogP contribution in [0.2, 0.25) is 0 Å². The van der Waals surface area contributed by atoms with Crippen molar-refractivity contribution in [3.63, 3.8) is 0 Å². The third-order valence-corrected chi connectivity index (χ3v) is 5.42. The molecule has 0 aromatic heterocycles. The fourth-order valence-electron chi connectivity index (χ4n) is 3.67. The van der Waals surface area contributed by atoms with Crippen molar-refractivity contribution in [2.24, 2.45) is 10.4 Å². The van der Waals surface area contributed by atoms with Crippen LogP contribution in [-0.2, 0) is 11.3 Å². The molecule has 1 unspecified atom stereocenters. The monoisotopic (exact) mass is 381 g/mol. The zero-order valence-corrected chi connectivity index (χ0v) is 16.9. The highest BCUT2D eigenvalue weighted by Crippen LogP contribution is 2.31. The molecule has 0 aliphatic carbocycles. The van der Waals surface area contributed by atoms with E-state index in [-0.39, 0.29) is 12.0 Å². The first kappa shape index (κ1) is 20.4. The zero-order chi connectivity index (χ0) is 19.8. The molecule has 1 aliphatic rings. The third kappa shape index (κ3) is 5.33. The van der Waals surface area contributed by atoms with Gasteiger partial charge in [-0.25, -0.2) is 0 Å². The minimum atomic E-state index is -0.00252. The molecule has 1 aliphatic heterocycles. The van der Waals surface area contributed by atoms with Gasteiger partial charge in [0, 0.05) is 38.8 Å². The molecule has 2 aromatic carbocycles. The molecule has 1 heterocycles. The molecule has 0 spiro atoms. The maximum Gasteiger partial charge on any atom is 0.191 e. The van der Waals surface area contributed by atoms with E-state index in [2.05, 4.69) is 71.1 Å². The zero-order valence-electron chi connectivity index (χ0n) is 16.9. The molecule has 0 saturated carbocycles. The van der Waals surface area contributed by atoms with Gasteiger partial charge in [0.25, 0.3) is 0 Å². The molecule has 3 N–H and O–H groups in total. The van der Waals surface area contributed by atoms with Gasteiger partial charge in [-0.2, -0.15) is 0 Å².